The van der Waals surface area contributed by atoms with E-state index >= 15 is 0 Å². The zero-order valence-corrected chi connectivity index (χ0v) is 24.0. The second-order valence-electron chi connectivity index (χ2n) is 11.4. The Kier molecular flexibility index (Phi) is 7.92. The summed E-state index contributed by atoms with van der Waals surface area (Å²) < 4.78 is 14.5. The Bertz CT molecular complexity index is 1500. The number of fused-ring (bicyclic) bond motifs is 6. The number of ether oxygens (including phenoxy) is 2. The Morgan fingerprint density at radius 1 is 1.05 bits per heavy atom. The largest absolute Gasteiger partial charge is 0.457 e. The van der Waals surface area contributed by atoms with E-state index in [0.717, 1.165) is 49.2 Å². The maximum absolute atomic E-state index is 13.6. The molecule has 3 aromatic rings. The smallest absolute Gasteiger partial charge is 0.291 e. The highest BCUT2D eigenvalue weighted by molar-refractivity contribution is 5.97. The van der Waals surface area contributed by atoms with E-state index in [1.54, 1.807) is 24.1 Å². The van der Waals surface area contributed by atoms with Gasteiger partial charge in [-0.1, -0.05) is 24.6 Å². The van der Waals surface area contributed by atoms with Crippen LogP contribution in [0.4, 0.5) is 0 Å². The third kappa shape index (κ3) is 5.87. The topological polar surface area (TPSA) is 119 Å². The lowest BCUT2D eigenvalue weighted by Crippen LogP contribution is -2.58. The summed E-state index contributed by atoms with van der Waals surface area (Å²) in [6.45, 7) is 3.55. The van der Waals surface area contributed by atoms with Crippen LogP contribution >= 0.6 is 0 Å². The number of carbonyl (C=O) groups is 3. The van der Waals surface area contributed by atoms with Gasteiger partial charge in [0, 0.05) is 38.7 Å². The summed E-state index contributed by atoms with van der Waals surface area (Å²) in [5.74, 6) is 1.61. The molecule has 1 saturated heterocycles. The molecule has 3 aliphatic rings. The molecule has 0 spiro atoms. The first-order valence-corrected chi connectivity index (χ1v) is 14.6. The van der Waals surface area contributed by atoms with Gasteiger partial charge in [0.1, 0.15) is 17.3 Å². The van der Waals surface area contributed by atoms with Crippen LogP contribution in [-0.4, -0.2) is 81.1 Å². The predicted molar refractivity (Wildman–Crippen MR) is 153 cm³/mol. The highest BCUT2D eigenvalue weighted by Crippen LogP contribution is 2.28. The molecule has 0 aliphatic carbocycles. The summed E-state index contributed by atoms with van der Waals surface area (Å²) in [6, 6.07) is 12.4. The van der Waals surface area contributed by atoms with Crippen molar-refractivity contribution in [1.82, 2.24) is 29.9 Å². The number of nitrogens with one attached hydrogen (secondary N) is 1. The third-order valence-electron chi connectivity index (χ3n) is 8.24. The van der Waals surface area contributed by atoms with Gasteiger partial charge in [0.2, 0.25) is 11.7 Å². The van der Waals surface area contributed by atoms with E-state index in [4.69, 9.17) is 9.47 Å². The van der Waals surface area contributed by atoms with Crippen LogP contribution in [0.15, 0.2) is 42.5 Å². The van der Waals surface area contributed by atoms with E-state index in [2.05, 4.69) is 15.5 Å². The first-order valence-electron chi connectivity index (χ1n) is 14.6. The molecule has 1 N–H and O–H groups in total. The van der Waals surface area contributed by atoms with Gasteiger partial charge in [-0.3, -0.25) is 14.4 Å². The molecule has 3 amide bonds. The molecule has 2 atom stereocenters. The van der Waals surface area contributed by atoms with E-state index in [1.165, 1.54) is 4.90 Å². The van der Waals surface area contributed by atoms with Crippen molar-refractivity contribution in [2.75, 3.05) is 26.7 Å². The molecule has 220 valence electrons. The van der Waals surface area contributed by atoms with Gasteiger partial charge in [-0.15, -0.1) is 10.2 Å². The molecular formula is C31H36N6O5. The van der Waals surface area contributed by atoms with Gasteiger partial charge in [-0.2, -0.15) is 0 Å². The SMILES string of the molecule is Cc1ccc2cc1Oc1cccc(c1)CO[C@@H]1CCN(C(=O)c3nnc4n3CCCCC4)C[C@@H]1NC(=O)CN(C)C2=O. The normalized spacial score (nSPS) is 21.5. The van der Waals surface area contributed by atoms with E-state index in [1.807, 2.05) is 41.8 Å². The van der Waals surface area contributed by atoms with E-state index in [-0.39, 0.29) is 36.9 Å². The van der Waals surface area contributed by atoms with Gasteiger partial charge in [0.05, 0.1) is 25.3 Å². The molecule has 11 nitrogen and oxygen atoms in total. The molecule has 42 heavy (non-hydrogen) atoms. The van der Waals surface area contributed by atoms with Gasteiger partial charge in [-0.25, -0.2) is 0 Å². The molecule has 1 aromatic heterocycles. The van der Waals surface area contributed by atoms with Crippen molar-refractivity contribution in [3.8, 4) is 11.5 Å². The summed E-state index contributed by atoms with van der Waals surface area (Å²) >= 11 is 0. The van der Waals surface area contributed by atoms with Crippen molar-refractivity contribution >= 4 is 17.7 Å². The molecule has 0 radical (unpaired) electrons. The number of hydrogen-bond donors (Lipinski definition) is 1. The fraction of sp³-hybridized carbons (Fsp3) is 0.452. The molecule has 0 saturated carbocycles. The van der Waals surface area contributed by atoms with Crippen LogP contribution in [0.5, 0.6) is 11.5 Å². The minimum atomic E-state index is -0.469. The molecule has 2 aromatic carbocycles. The lowest BCUT2D eigenvalue weighted by Gasteiger charge is -2.38. The van der Waals surface area contributed by atoms with E-state index < -0.39 is 6.04 Å². The summed E-state index contributed by atoms with van der Waals surface area (Å²) in [5.41, 5.74) is 2.23. The number of aromatic nitrogens is 3. The summed E-state index contributed by atoms with van der Waals surface area (Å²) in [6.07, 6.45) is 4.15. The Morgan fingerprint density at radius 3 is 2.81 bits per heavy atom. The molecule has 11 heteroatoms. The summed E-state index contributed by atoms with van der Waals surface area (Å²) in [4.78, 5) is 43.2. The fourth-order valence-electron chi connectivity index (χ4n) is 5.87. The number of piperidine rings is 1. The van der Waals surface area contributed by atoms with Crippen LogP contribution in [0.3, 0.4) is 0 Å². The predicted octanol–water partition coefficient (Wildman–Crippen LogP) is 3.11. The lowest BCUT2D eigenvalue weighted by atomic mass is 10.0. The molecule has 0 unspecified atom stereocenters. The second-order valence-corrected chi connectivity index (χ2v) is 11.4. The standard InChI is InChI=1S/C31H36N6O5/c1-20-10-11-22-16-26(20)42-23-8-6-7-21(15-23)19-41-25-12-14-36(17-24(25)32-28(38)18-35(2)30(22)39)31(40)29-34-33-27-9-4-3-5-13-37(27)29/h6-8,10-11,15-16,24-25H,3-5,9,12-14,17-19H2,1-2H3,(H,32,38)/t24-,25+/m0/s1. The van der Waals surface area contributed by atoms with Gasteiger partial charge in [0.25, 0.3) is 11.8 Å². The number of amides is 3. The maximum atomic E-state index is 13.6. The van der Waals surface area contributed by atoms with E-state index in [9.17, 15) is 14.4 Å². The number of likely N-dealkylation sites (N-methyl/N-ethyl adjacent to an activating group) is 1. The van der Waals surface area contributed by atoms with Crippen LogP contribution in [0, 0.1) is 6.92 Å². The lowest BCUT2D eigenvalue weighted by molar-refractivity contribution is -0.124. The molecule has 6 rings (SSSR count). The quantitative estimate of drug-likeness (QED) is 0.476. The van der Waals surface area contributed by atoms with Gasteiger partial charge < -0.3 is 29.2 Å². The summed E-state index contributed by atoms with van der Waals surface area (Å²) in [5, 5.41) is 11.6. The zero-order valence-electron chi connectivity index (χ0n) is 24.0. The first kappa shape index (κ1) is 27.9. The fourth-order valence-corrected chi connectivity index (χ4v) is 5.87. The Balaban J connectivity index is 1.25. The van der Waals surface area contributed by atoms with Crippen LogP contribution in [0.2, 0.25) is 0 Å². The number of benzene rings is 2. The highest BCUT2D eigenvalue weighted by atomic mass is 16.5. The maximum Gasteiger partial charge on any atom is 0.291 e. The van der Waals surface area contributed by atoms with Crippen molar-refractivity contribution in [3.63, 3.8) is 0 Å². The van der Waals surface area contributed by atoms with E-state index in [0.29, 0.717) is 42.5 Å². The zero-order chi connectivity index (χ0) is 29.2. The average molecular weight is 573 g/mol. The minimum Gasteiger partial charge on any atom is -0.457 e. The number of nitrogens with zero attached hydrogens (tertiary/aromatic N) is 5. The monoisotopic (exact) mass is 572 g/mol. The van der Waals surface area contributed by atoms with Crippen LogP contribution < -0.4 is 10.1 Å². The van der Waals surface area contributed by atoms with Crippen molar-refractivity contribution in [1.29, 1.82) is 0 Å². The van der Waals surface area contributed by atoms with Gasteiger partial charge in [-0.05, 0) is 61.6 Å². The van der Waals surface area contributed by atoms with Gasteiger partial charge >= 0.3 is 0 Å². The van der Waals surface area contributed by atoms with Crippen LogP contribution in [0.25, 0.3) is 0 Å². The Morgan fingerprint density at radius 2 is 1.93 bits per heavy atom. The number of likely N-dealkylation sites (tertiary alicyclic amines) is 1. The van der Waals surface area contributed by atoms with Crippen molar-refractivity contribution in [2.24, 2.45) is 0 Å². The average Bonchev–Trinajstić information content (AvgIpc) is 3.24. The summed E-state index contributed by atoms with van der Waals surface area (Å²) in [7, 11) is 1.59. The number of hydrogen-bond acceptors (Lipinski definition) is 7. The van der Waals surface area contributed by atoms with Crippen LogP contribution in [-0.2, 0) is 29.1 Å². The number of carbonyl (C=O) groups excluding carboxylic acids is 3. The molecule has 1 fully saturated rings. The molecule has 4 heterocycles. The van der Waals surface area contributed by atoms with Crippen LogP contribution in [0.1, 0.15) is 63.6 Å². The van der Waals surface area contributed by atoms with Crippen molar-refractivity contribution < 1.29 is 23.9 Å². The Labute approximate surface area is 244 Å². The third-order valence-corrected chi connectivity index (χ3v) is 8.24. The molecular weight excluding hydrogens is 536 g/mol. The second kappa shape index (κ2) is 11.9. The number of aryl methyl sites for hydroxylation is 2. The van der Waals surface area contributed by atoms with Crippen molar-refractivity contribution in [2.45, 2.75) is 64.3 Å². The minimum absolute atomic E-state index is 0.142. The first-order chi connectivity index (χ1) is 20.4. The number of rotatable bonds is 1. The Hall–Kier alpha value is -4.25. The van der Waals surface area contributed by atoms with Gasteiger partial charge in [0.15, 0.2) is 0 Å². The molecule has 4 bridgehead atoms. The van der Waals surface area contributed by atoms with Crippen molar-refractivity contribution in [3.05, 3.63) is 70.8 Å². The molecule has 3 aliphatic heterocycles. The highest BCUT2D eigenvalue weighted by Gasteiger charge is 2.36.